The van der Waals surface area contributed by atoms with E-state index >= 15 is 0 Å². The van der Waals surface area contributed by atoms with Crippen molar-refractivity contribution in [2.24, 2.45) is 0 Å². The van der Waals surface area contributed by atoms with E-state index in [-0.39, 0.29) is 6.61 Å². The second-order valence-electron chi connectivity index (χ2n) is 3.08. The summed E-state index contributed by atoms with van der Waals surface area (Å²) in [6, 6.07) is 0.346. The van der Waals surface area contributed by atoms with Gasteiger partial charge in [-0.2, -0.15) is 0 Å². The number of hydrogen-bond acceptors (Lipinski definition) is 3. The summed E-state index contributed by atoms with van der Waals surface area (Å²) in [6.45, 7) is 3.46. The second-order valence-corrected chi connectivity index (χ2v) is 3.08. The lowest BCUT2D eigenvalue weighted by Crippen LogP contribution is -2.51. The van der Waals surface area contributed by atoms with Crippen molar-refractivity contribution in [1.29, 1.82) is 0 Å². The summed E-state index contributed by atoms with van der Waals surface area (Å²) in [5.41, 5.74) is 0. The number of hydrogen-bond donors (Lipinski definition) is 1. The van der Waals surface area contributed by atoms with Gasteiger partial charge in [0.1, 0.15) is 0 Å². The number of aliphatic hydroxyl groups is 1. The molecule has 0 aromatic heterocycles. The largest absolute Gasteiger partial charge is 0.395 e. The Balaban J connectivity index is 2.38. The van der Waals surface area contributed by atoms with Crippen molar-refractivity contribution in [3.8, 4) is 0 Å². The smallest absolute Gasteiger partial charge is 0.0599 e. The number of aliphatic hydroxyl groups excluding tert-OH is 1. The molecular formula is C7H16N2O. The lowest BCUT2D eigenvalue weighted by molar-refractivity contribution is 0.0704. The van der Waals surface area contributed by atoms with E-state index in [4.69, 9.17) is 5.11 Å². The first kappa shape index (κ1) is 7.98. The van der Waals surface area contributed by atoms with Gasteiger partial charge in [-0.1, -0.05) is 0 Å². The van der Waals surface area contributed by atoms with Gasteiger partial charge in [-0.25, -0.2) is 0 Å². The fourth-order valence-electron chi connectivity index (χ4n) is 1.30. The van der Waals surface area contributed by atoms with Crippen LogP contribution in [0.4, 0.5) is 0 Å². The maximum Gasteiger partial charge on any atom is 0.0599 e. The summed E-state index contributed by atoms with van der Waals surface area (Å²) >= 11 is 0. The summed E-state index contributed by atoms with van der Waals surface area (Å²) in [5, 5.41) is 8.91. The van der Waals surface area contributed by atoms with Crippen LogP contribution in [-0.2, 0) is 0 Å². The molecule has 1 unspecified atom stereocenters. The van der Waals surface area contributed by atoms with Crippen LogP contribution in [0.3, 0.4) is 0 Å². The van der Waals surface area contributed by atoms with Crippen LogP contribution in [0.25, 0.3) is 0 Å². The van der Waals surface area contributed by atoms with E-state index in [1.807, 2.05) is 0 Å². The molecule has 0 amide bonds. The Morgan fingerprint density at radius 1 is 1.40 bits per heavy atom. The van der Waals surface area contributed by atoms with Crippen LogP contribution in [0.2, 0.25) is 0 Å². The van der Waals surface area contributed by atoms with Crippen molar-refractivity contribution >= 4 is 0 Å². The zero-order valence-corrected chi connectivity index (χ0v) is 6.75. The molecule has 0 aromatic carbocycles. The van der Waals surface area contributed by atoms with Crippen molar-refractivity contribution in [2.45, 2.75) is 6.04 Å². The molecule has 1 atom stereocenters. The zero-order chi connectivity index (χ0) is 7.56. The van der Waals surface area contributed by atoms with E-state index in [9.17, 15) is 0 Å². The topological polar surface area (TPSA) is 26.7 Å². The zero-order valence-electron chi connectivity index (χ0n) is 6.75. The third kappa shape index (κ3) is 1.68. The van der Waals surface area contributed by atoms with Crippen LogP contribution in [0.1, 0.15) is 0 Å². The van der Waals surface area contributed by atoms with E-state index < -0.39 is 0 Å². The fraction of sp³-hybridized carbons (Fsp3) is 1.00. The Bertz CT molecular complexity index is 108. The first-order chi connectivity index (χ1) is 4.74. The summed E-state index contributed by atoms with van der Waals surface area (Å²) in [6.07, 6.45) is 0. The quantitative estimate of drug-likeness (QED) is 0.523. The summed E-state index contributed by atoms with van der Waals surface area (Å²) in [7, 11) is 4.16. The molecule has 0 radical (unpaired) electrons. The molecule has 3 nitrogen and oxygen atoms in total. The van der Waals surface area contributed by atoms with Gasteiger partial charge in [0.2, 0.25) is 0 Å². The molecule has 10 heavy (non-hydrogen) atoms. The lowest BCUT2D eigenvalue weighted by Gasteiger charge is -2.36. The average molecular weight is 144 g/mol. The molecule has 1 aliphatic rings. The second kappa shape index (κ2) is 3.32. The third-order valence-electron chi connectivity index (χ3n) is 2.19. The molecule has 0 saturated carbocycles. The van der Waals surface area contributed by atoms with Gasteiger partial charge in [-0.05, 0) is 14.1 Å². The first-order valence-corrected chi connectivity index (χ1v) is 3.73. The van der Waals surface area contributed by atoms with Gasteiger partial charge in [-0.3, -0.25) is 4.90 Å². The van der Waals surface area contributed by atoms with Gasteiger partial charge >= 0.3 is 0 Å². The van der Waals surface area contributed by atoms with E-state index in [2.05, 4.69) is 23.9 Å². The number of likely N-dealkylation sites (N-methyl/N-ethyl adjacent to an activating group) is 2. The van der Waals surface area contributed by atoms with Crippen LogP contribution in [-0.4, -0.2) is 61.3 Å². The minimum absolute atomic E-state index is 0.279. The molecule has 1 saturated heterocycles. The summed E-state index contributed by atoms with van der Waals surface area (Å²) in [4.78, 5) is 4.46. The molecule has 1 N–H and O–H groups in total. The molecule has 0 spiro atoms. The molecule has 1 rings (SSSR count). The van der Waals surface area contributed by atoms with E-state index in [1.54, 1.807) is 0 Å². The highest BCUT2D eigenvalue weighted by molar-refractivity contribution is 4.77. The van der Waals surface area contributed by atoms with Gasteiger partial charge in [-0.15, -0.1) is 0 Å². The molecule has 0 aromatic rings. The SMILES string of the molecule is CN1CCN(C)C(CO)C1. The Morgan fingerprint density at radius 2 is 2.10 bits per heavy atom. The minimum atomic E-state index is 0.279. The van der Waals surface area contributed by atoms with Crippen molar-refractivity contribution in [1.82, 2.24) is 9.80 Å². The predicted molar refractivity (Wildman–Crippen MR) is 41.0 cm³/mol. The van der Waals surface area contributed by atoms with Gasteiger partial charge in [0.15, 0.2) is 0 Å². The van der Waals surface area contributed by atoms with Gasteiger partial charge in [0.25, 0.3) is 0 Å². The molecule has 1 fully saturated rings. The maximum absolute atomic E-state index is 8.91. The molecular weight excluding hydrogens is 128 g/mol. The minimum Gasteiger partial charge on any atom is -0.395 e. The molecule has 1 heterocycles. The molecule has 60 valence electrons. The average Bonchev–Trinajstić information content (AvgIpc) is 1.94. The molecule has 0 bridgehead atoms. The lowest BCUT2D eigenvalue weighted by atomic mass is 10.2. The van der Waals surface area contributed by atoms with Gasteiger partial charge in [0, 0.05) is 25.7 Å². The van der Waals surface area contributed by atoms with Crippen LogP contribution < -0.4 is 0 Å². The Hall–Kier alpha value is -0.120. The van der Waals surface area contributed by atoms with Crippen LogP contribution in [0.5, 0.6) is 0 Å². The predicted octanol–water partition coefficient (Wildman–Crippen LogP) is -0.775. The van der Waals surface area contributed by atoms with Crippen molar-refractivity contribution in [2.75, 3.05) is 40.3 Å². The standard InChI is InChI=1S/C7H16N2O/c1-8-3-4-9(2)7(5-8)6-10/h7,10H,3-6H2,1-2H3. The third-order valence-corrected chi connectivity index (χ3v) is 2.19. The fourth-order valence-corrected chi connectivity index (χ4v) is 1.30. The molecule has 0 aliphatic carbocycles. The number of rotatable bonds is 1. The van der Waals surface area contributed by atoms with E-state index in [0.717, 1.165) is 19.6 Å². The van der Waals surface area contributed by atoms with Crippen molar-refractivity contribution in [3.63, 3.8) is 0 Å². The normalized spacial score (nSPS) is 30.9. The van der Waals surface area contributed by atoms with Crippen LogP contribution in [0.15, 0.2) is 0 Å². The first-order valence-electron chi connectivity index (χ1n) is 3.73. The van der Waals surface area contributed by atoms with Crippen molar-refractivity contribution in [3.05, 3.63) is 0 Å². The van der Waals surface area contributed by atoms with Gasteiger partial charge < -0.3 is 10.0 Å². The highest BCUT2D eigenvalue weighted by Gasteiger charge is 2.20. The Morgan fingerprint density at radius 3 is 2.60 bits per heavy atom. The highest BCUT2D eigenvalue weighted by atomic mass is 16.3. The Labute approximate surface area is 62.2 Å². The summed E-state index contributed by atoms with van der Waals surface area (Å²) < 4.78 is 0. The van der Waals surface area contributed by atoms with E-state index in [1.165, 1.54) is 0 Å². The maximum atomic E-state index is 8.91. The Kier molecular flexibility index (Phi) is 2.65. The molecule has 3 heteroatoms. The number of nitrogens with zero attached hydrogens (tertiary/aromatic N) is 2. The molecule has 1 aliphatic heterocycles. The van der Waals surface area contributed by atoms with Crippen molar-refractivity contribution < 1.29 is 5.11 Å². The highest BCUT2D eigenvalue weighted by Crippen LogP contribution is 2.03. The van der Waals surface area contributed by atoms with Crippen LogP contribution in [0, 0.1) is 0 Å². The van der Waals surface area contributed by atoms with E-state index in [0.29, 0.717) is 6.04 Å². The summed E-state index contributed by atoms with van der Waals surface area (Å²) in [5.74, 6) is 0. The van der Waals surface area contributed by atoms with Crippen LogP contribution >= 0.6 is 0 Å². The van der Waals surface area contributed by atoms with Gasteiger partial charge in [0.05, 0.1) is 6.61 Å². The monoisotopic (exact) mass is 144 g/mol. The number of piperazine rings is 1.